The van der Waals surface area contributed by atoms with E-state index in [9.17, 15) is 9.50 Å². The summed E-state index contributed by atoms with van der Waals surface area (Å²) >= 11 is 11.9. The summed E-state index contributed by atoms with van der Waals surface area (Å²) in [5.74, 6) is -0.297. The van der Waals surface area contributed by atoms with Gasteiger partial charge in [-0.25, -0.2) is 4.39 Å². The van der Waals surface area contributed by atoms with Crippen LogP contribution in [0.4, 0.5) is 4.39 Å². The van der Waals surface area contributed by atoms with Gasteiger partial charge in [0.15, 0.2) is 0 Å². The van der Waals surface area contributed by atoms with Gasteiger partial charge in [-0.3, -0.25) is 0 Å². The van der Waals surface area contributed by atoms with Crippen molar-refractivity contribution in [1.29, 1.82) is 0 Å². The van der Waals surface area contributed by atoms with Gasteiger partial charge < -0.3 is 5.11 Å². The molecule has 0 radical (unpaired) electrons. The van der Waals surface area contributed by atoms with Crippen LogP contribution in [0.5, 0.6) is 0 Å². The van der Waals surface area contributed by atoms with E-state index in [0.29, 0.717) is 22.0 Å². The van der Waals surface area contributed by atoms with Crippen LogP contribution in [0.15, 0.2) is 42.5 Å². The van der Waals surface area contributed by atoms with Gasteiger partial charge in [0.1, 0.15) is 5.82 Å². The molecule has 0 aliphatic heterocycles. The van der Waals surface area contributed by atoms with E-state index in [4.69, 9.17) is 23.2 Å². The van der Waals surface area contributed by atoms with Gasteiger partial charge in [-0.05, 0) is 23.8 Å². The van der Waals surface area contributed by atoms with E-state index in [1.165, 1.54) is 12.1 Å². The number of aliphatic hydroxyl groups is 1. The highest BCUT2D eigenvalue weighted by Gasteiger charge is 2.14. The molecule has 2 rings (SSSR count). The third kappa shape index (κ3) is 3.02. The predicted molar refractivity (Wildman–Crippen MR) is 71.5 cm³/mol. The maximum Gasteiger partial charge on any atom is 0.123 e. The zero-order chi connectivity index (χ0) is 13.1. The first-order chi connectivity index (χ1) is 8.58. The zero-order valence-electron chi connectivity index (χ0n) is 9.41. The van der Waals surface area contributed by atoms with E-state index in [-0.39, 0.29) is 5.82 Å². The predicted octanol–water partition coefficient (Wildman–Crippen LogP) is 4.41. The Balaban J connectivity index is 2.19. The first-order valence-electron chi connectivity index (χ1n) is 5.44. The van der Waals surface area contributed by atoms with E-state index in [1.54, 1.807) is 30.3 Å². The molecule has 1 unspecified atom stereocenters. The Labute approximate surface area is 115 Å². The number of benzene rings is 2. The fourth-order valence-electron chi connectivity index (χ4n) is 1.73. The minimum Gasteiger partial charge on any atom is -0.388 e. The highest BCUT2D eigenvalue weighted by atomic mass is 35.5. The number of hydrogen-bond acceptors (Lipinski definition) is 1. The summed E-state index contributed by atoms with van der Waals surface area (Å²) in [6.07, 6.45) is -0.401. The lowest BCUT2D eigenvalue weighted by atomic mass is 10.0. The molecule has 0 heterocycles. The molecule has 18 heavy (non-hydrogen) atoms. The van der Waals surface area contributed by atoms with Crippen molar-refractivity contribution in [3.8, 4) is 0 Å². The lowest BCUT2D eigenvalue weighted by molar-refractivity contribution is 0.178. The number of hydrogen-bond donors (Lipinski definition) is 1. The van der Waals surface area contributed by atoms with Crippen LogP contribution in [0.1, 0.15) is 17.2 Å². The summed E-state index contributed by atoms with van der Waals surface area (Å²) in [7, 11) is 0. The maximum atomic E-state index is 12.8. The van der Waals surface area contributed by atoms with Crippen molar-refractivity contribution >= 4 is 23.2 Å². The van der Waals surface area contributed by atoms with Gasteiger partial charge in [-0.2, -0.15) is 0 Å². The van der Waals surface area contributed by atoms with E-state index in [0.717, 1.165) is 5.56 Å². The quantitative estimate of drug-likeness (QED) is 0.885. The molecule has 0 fully saturated rings. The molecule has 2 aromatic carbocycles. The summed E-state index contributed by atoms with van der Waals surface area (Å²) in [5.41, 5.74) is 1.41. The molecule has 4 heteroatoms. The van der Waals surface area contributed by atoms with Gasteiger partial charge in [0, 0.05) is 12.0 Å². The molecular weight excluding hydrogens is 274 g/mol. The van der Waals surface area contributed by atoms with Crippen LogP contribution in [-0.4, -0.2) is 5.11 Å². The third-order valence-corrected chi connectivity index (χ3v) is 3.52. The highest BCUT2D eigenvalue weighted by Crippen LogP contribution is 2.31. The van der Waals surface area contributed by atoms with E-state index in [2.05, 4.69) is 0 Å². The van der Waals surface area contributed by atoms with Crippen molar-refractivity contribution < 1.29 is 9.50 Å². The number of halogens is 3. The van der Waals surface area contributed by atoms with Crippen LogP contribution >= 0.6 is 23.2 Å². The van der Waals surface area contributed by atoms with Crippen molar-refractivity contribution in [2.75, 3.05) is 0 Å². The first-order valence-corrected chi connectivity index (χ1v) is 6.20. The topological polar surface area (TPSA) is 20.2 Å². The summed E-state index contributed by atoms with van der Waals surface area (Å²) in [6.45, 7) is 0. The summed E-state index contributed by atoms with van der Waals surface area (Å²) in [4.78, 5) is 0. The van der Waals surface area contributed by atoms with E-state index >= 15 is 0 Å². The van der Waals surface area contributed by atoms with Crippen molar-refractivity contribution in [1.82, 2.24) is 0 Å². The Bertz CT molecular complexity index is 540. The summed E-state index contributed by atoms with van der Waals surface area (Å²) in [5, 5.41) is 10.9. The Hall–Kier alpha value is -1.09. The van der Waals surface area contributed by atoms with Crippen LogP contribution in [0.25, 0.3) is 0 Å². The third-order valence-electron chi connectivity index (χ3n) is 2.68. The highest BCUT2D eigenvalue weighted by molar-refractivity contribution is 6.42. The second-order valence-corrected chi connectivity index (χ2v) is 4.77. The zero-order valence-corrected chi connectivity index (χ0v) is 10.9. The van der Waals surface area contributed by atoms with Crippen LogP contribution in [-0.2, 0) is 6.42 Å². The molecule has 2 aromatic rings. The number of rotatable bonds is 3. The van der Waals surface area contributed by atoms with Gasteiger partial charge in [0.2, 0.25) is 0 Å². The summed E-state index contributed by atoms with van der Waals surface area (Å²) in [6, 6.07) is 11.1. The lowest BCUT2D eigenvalue weighted by Gasteiger charge is -2.13. The van der Waals surface area contributed by atoms with Gasteiger partial charge in [-0.1, -0.05) is 47.5 Å². The Kier molecular flexibility index (Phi) is 4.23. The smallest absolute Gasteiger partial charge is 0.123 e. The molecule has 0 saturated carbocycles. The van der Waals surface area contributed by atoms with Gasteiger partial charge >= 0.3 is 0 Å². The summed E-state index contributed by atoms with van der Waals surface area (Å²) < 4.78 is 12.8. The van der Waals surface area contributed by atoms with Gasteiger partial charge in [0.05, 0.1) is 16.1 Å². The fraction of sp³-hybridized carbons (Fsp3) is 0.143. The van der Waals surface area contributed by atoms with Crippen LogP contribution in [0, 0.1) is 5.82 Å². The molecule has 0 bridgehead atoms. The van der Waals surface area contributed by atoms with Gasteiger partial charge in [-0.15, -0.1) is 0 Å². The molecule has 1 N–H and O–H groups in total. The molecule has 0 spiro atoms. The standard InChI is InChI=1S/C14H11Cl2FO/c15-12-3-1-2-11(14(12)16)13(18)8-9-4-6-10(17)7-5-9/h1-7,13,18H,8H2. The van der Waals surface area contributed by atoms with E-state index in [1.807, 2.05) is 0 Å². The number of aliphatic hydroxyl groups excluding tert-OH is 1. The van der Waals surface area contributed by atoms with Crippen molar-refractivity contribution in [2.45, 2.75) is 12.5 Å². The molecule has 1 atom stereocenters. The van der Waals surface area contributed by atoms with Gasteiger partial charge in [0.25, 0.3) is 0 Å². The molecule has 0 saturated heterocycles. The normalized spacial score (nSPS) is 12.4. The molecule has 0 aliphatic carbocycles. The molecule has 0 aliphatic rings. The van der Waals surface area contributed by atoms with Crippen molar-refractivity contribution in [3.05, 3.63) is 69.5 Å². The van der Waals surface area contributed by atoms with Crippen LogP contribution in [0.2, 0.25) is 10.0 Å². The average Bonchev–Trinajstić information content (AvgIpc) is 2.35. The second-order valence-electron chi connectivity index (χ2n) is 3.99. The van der Waals surface area contributed by atoms with E-state index < -0.39 is 6.10 Å². The molecule has 94 valence electrons. The SMILES string of the molecule is OC(Cc1ccc(F)cc1)c1cccc(Cl)c1Cl. The Morgan fingerprint density at radius 1 is 1.06 bits per heavy atom. The van der Waals surface area contributed by atoms with Crippen LogP contribution < -0.4 is 0 Å². The molecule has 1 nitrogen and oxygen atoms in total. The fourth-order valence-corrected chi connectivity index (χ4v) is 2.17. The minimum atomic E-state index is -0.762. The average molecular weight is 285 g/mol. The Morgan fingerprint density at radius 3 is 2.39 bits per heavy atom. The lowest BCUT2D eigenvalue weighted by Crippen LogP contribution is -2.02. The van der Waals surface area contributed by atoms with Crippen LogP contribution in [0.3, 0.4) is 0 Å². The minimum absolute atomic E-state index is 0.297. The second kappa shape index (κ2) is 5.70. The monoisotopic (exact) mass is 284 g/mol. The van der Waals surface area contributed by atoms with Crippen molar-refractivity contribution in [2.24, 2.45) is 0 Å². The largest absolute Gasteiger partial charge is 0.388 e. The molecule has 0 aromatic heterocycles. The van der Waals surface area contributed by atoms with Crippen molar-refractivity contribution in [3.63, 3.8) is 0 Å². The maximum absolute atomic E-state index is 12.8. The molecular formula is C14H11Cl2FO. The first kappa shape index (κ1) is 13.3. The molecule has 0 amide bonds. The Morgan fingerprint density at radius 2 is 1.72 bits per heavy atom.